The van der Waals surface area contributed by atoms with Gasteiger partial charge in [0.2, 0.25) is 10.0 Å². The lowest BCUT2D eigenvalue weighted by Gasteiger charge is -2.30. The first kappa shape index (κ1) is 24.2. The van der Waals surface area contributed by atoms with E-state index in [0.717, 1.165) is 0 Å². The van der Waals surface area contributed by atoms with Gasteiger partial charge < -0.3 is 4.74 Å². The maximum atomic E-state index is 12.9. The molecular formula is C21H20Cl2N2O6S. The van der Waals surface area contributed by atoms with E-state index in [4.69, 9.17) is 27.9 Å². The summed E-state index contributed by atoms with van der Waals surface area (Å²) in [5.74, 6) is -2.54. The topological polar surface area (TPSA) is 110 Å². The predicted molar refractivity (Wildman–Crippen MR) is 118 cm³/mol. The van der Waals surface area contributed by atoms with E-state index in [0.29, 0.717) is 5.56 Å². The normalized spacial score (nSPS) is 15.2. The number of nitrogens with zero attached hydrogens (tertiary/aromatic N) is 1. The van der Waals surface area contributed by atoms with Crippen LogP contribution < -0.4 is 5.32 Å². The number of carbonyl (C=O) groups is 3. The fraction of sp³-hybridized carbons (Fsp3) is 0.286. The average molecular weight is 499 g/mol. The molecule has 1 saturated heterocycles. The van der Waals surface area contributed by atoms with E-state index in [1.807, 2.05) is 0 Å². The Morgan fingerprint density at radius 3 is 2.16 bits per heavy atom. The van der Waals surface area contributed by atoms with Crippen molar-refractivity contribution in [3.63, 3.8) is 0 Å². The van der Waals surface area contributed by atoms with Gasteiger partial charge in [-0.15, -0.1) is 0 Å². The maximum absolute atomic E-state index is 12.9. The molecule has 0 saturated carbocycles. The molecule has 0 aliphatic carbocycles. The summed E-state index contributed by atoms with van der Waals surface area (Å²) in [6.45, 7) is -0.462. The van der Waals surface area contributed by atoms with E-state index in [1.54, 1.807) is 36.4 Å². The Balaban J connectivity index is 1.50. The van der Waals surface area contributed by atoms with Crippen molar-refractivity contribution in [2.75, 3.05) is 19.7 Å². The summed E-state index contributed by atoms with van der Waals surface area (Å²) in [4.78, 5) is 36.0. The molecule has 1 N–H and O–H groups in total. The van der Waals surface area contributed by atoms with E-state index in [1.165, 1.54) is 16.4 Å². The first-order valence-electron chi connectivity index (χ1n) is 9.70. The van der Waals surface area contributed by atoms with E-state index in [2.05, 4.69) is 5.32 Å². The summed E-state index contributed by atoms with van der Waals surface area (Å²) in [5, 5.41) is 2.19. The van der Waals surface area contributed by atoms with E-state index >= 15 is 0 Å². The van der Waals surface area contributed by atoms with Crippen molar-refractivity contribution in [1.82, 2.24) is 9.62 Å². The second kappa shape index (κ2) is 10.4. The van der Waals surface area contributed by atoms with Gasteiger partial charge in [0.05, 0.1) is 16.0 Å². The van der Waals surface area contributed by atoms with Gasteiger partial charge in [-0.05, 0) is 37.1 Å². The number of carbonyl (C=O) groups excluding carboxylic acids is 3. The van der Waals surface area contributed by atoms with Crippen molar-refractivity contribution < 1.29 is 27.5 Å². The number of ether oxygens (including phenoxy) is 1. The third-order valence-corrected chi connectivity index (χ3v) is 7.79. The van der Waals surface area contributed by atoms with E-state index < -0.39 is 40.3 Å². The number of esters is 1. The molecule has 0 aromatic heterocycles. The highest BCUT2D eigenvalue weighted by Gasteiger charge is 2.35. The van der Waals surface area contributed by atoms with Gasteiger partial charge in [-0.25, -0.2) is 8.42 Å². The molecule has 0 unspecified atom stereocenters. The first-order chi connectivity index (χ1) is 15.2. The average Bonchev–Trinajstić information content (AvgIpc) is 2.78. The van der Waals surface area contributed by atoms with Gasteiger partial charge in [0.25, 0.3) is 11.8 Å². The largest absolute Gasteiger partial charge is 0.455 e. The van der Waals surface area contributed by atoms with Crippen molar-refractivity contribution in [1.29, 1.82) is 0 Å². The molecule has 1 aliphatic heterocycles. The summed E-state index contributed by atoms with van der Waals surface area (Å²) >= 11 is 12.1. The van der Waals surface area contributed by atoms with Crippen LogP contribution in [0.25, 0.3) is 0 Å². The van der Waals surface area contributed by atoms with Crippen LogP contribution in [0.15, 0.2) is 53.4 Å². The number of amides is 2. The number of nitrogens with one attached hydrogen (secondary N) is 1. The maximum Gasteiger partial charge on any atom is 0.309 e. The second-order valence-corrected chi connectivity index (χ2v) is 9.77. The lowest BCUT2D eigenvalue weighted by molar-refractivity contribution is -0.153. The Bertz CT molecular complexity index is 1100. The van der Waals surface area contributed by atoms with Crippen LogP contribution >= 0.6 is 23.2 Å². The van der Waals surface area contributed by atoms with Crippen LogP contribution in [0.1, 0.15) is 23.2 Å². The van der Waals surface area contributed by atoms with Crippen LogP contribution in [0.5, 0.6) is 0 Å². The van der Waals surface area contributed by atoms with E-state index in [-0.39, 0.29) is 40.9 Å². The summed E-state index contributed by atoms with van der Waals surface area (Å²) in [5.41, 5.74) is 0.305. The molecule has 2 aromatic carbocycles. The summed E-state index contributed by atoms with van der Waals surface area (Å²) in [7, 11) is -3.92. The van der Waals surface area contributed by atoms with Gasteiger partial charge in [-0.2, -0.15) is 4.31 Å². The molecule has 0 atom stereocenters. The Morgan fingerprint density at radius 2 is 1.56 bits per heavy atom. The molecule has 1 aliphatic rings. The van der Waals surface area contributed by atoms with Crippen molar-refractivity contribution in [2.45, 2.75) is 17.7 Å². The standard InChI is InChI=1S/C21H20Cl2N2O6S/c22-16-7-4-8-17(23)19(16)32(29,30)25-11-9-15(10-12-25)21(28)31-13-18(26)24-20(27)14-5-2-1-3-6-14/h1-8,15H,9-13H2,(H,24,26,27). The minimum Gasteiger partial charge on any atom is -0.455 e. The molecular weight excluding hydrogens is 479 g/mol. The Morgan fingerprint density at radius 1 is 0.969 bits per heavy atom. The minimum absolute atomic E-state index is 0.0232. The van der Waals surface area contributed by atoms with Crippen LogP contribution in [0.4, 0.5) is 0 Å². The number of piperidine rings is 1. The molecule has 0 spiro atoms. The van der Waals surface area contributed by atoms with Crippen molar-refractivity contribution in [2.24, 2.45) is 5.92 Å². The number of rotatable bonds is 6. The number of benzene rings is 2. The van der Waals surface area contributed by atoms with Gasteiger partial charge in [-0.1, -0.05) is 47.5 Å². The monoisotopic (exact) mass is 498 g/mol. The molecule has 1 heterocycles. The smallest absolute Gasteiger partial charge is 0.309 e. The highest BCUT2D eigenvalue weighted by molar-refractivity contribution is 7.89. The molecule has 1 fully saturated rings. The van der Waals surface area contributed by atoms with E-state index in [9.17, 15) is 22.8 Å². The van der Waals surface area contributed by atoms with Gasteiger partial charge in [0.1, 0.15) is 4.90 Å². The summed E-state index contributed by atoms with van der Waals surface area (Å²) < 4.78 is 32.0. The molecule has 32 heavy (non-hydrogen) atoms. The lowest BCUT2D eigenvalue weighted by Crippen LogP contribution is -2.41. The zero-order valence-corrected chi connectivity index (χ0v) is 19.1. The lowest BCUT2D eigenvalue weighted by atomic mass is 9.98. The Labute approximate surface area is 195 Å². The molecule has 0 radical (unpaired) electrons. The highest BCUT2D eigenvalue weighted by atomic mass is 35.5. The van der Waals surface area contributed by atoms with Gasteiger partial charge in [-0.3, -0.25) is 19.7 Å². The summed E-state index contributed by atoms with van der Waals surface area (Å²) in [6, 6.07) is 12.6. The fourth-order valence-corrected chi connectivity index (χ4v) is 5.83. The highest BCUT2D eigenvalue weighted by Crippen LogP contribution is 2.33. The molecule has 2 amide bonds. The van der Waals surface area contributed by atoms with Gasteiger partial charge in [0.15, 0.2) is 6.61 Å². The Hall–Kier alpha value is -2.46. The van der Waals surface area contributed by atoms with Crippen molar-refractivity contribution in [3.8, 4) is 0 Å². The minimum atomic E-state index is -3.92. The first-order valence-corrected chi connectivity index (χ1v) is 11.9. The third kappa shape index (κ3) is 5.66. The zero-order chi connectivity index (χ0) is 23.3. The predicted octanol–water partition coefficient (Wildman–Crippen LogP) is 2.89. The van der Waals surface area contributed by atoms with Gasteiger partial charge in [0, 0.05) is 18.7 Å². The second-order valence-electron chi connectivity index (χ2n) is 7.08. The van der Waals surface area contributed by atoms with Crippen molar-refractivity contribution >= 4 is 51.0 Å². The number of halogens is 2. The zero-order valence-electron chi connectivity index (χ0n) is 16.8. The summed E-state index contributed by atoms with van der Waals surface area (Å²) in [6.07, 6.45) is 0.426. The van der Waals surface area contributed by atoms with Crippen LogP contribution in [0.3, 0.4) is 0 Å². The molecule has 2 aromatic rings. The SMILES string of the molecule is O=C(COC(=O)C1CCN(S(=O)(=O)c2c(Cl)cccc2Cl)CC1)NC(=O)c1ccccc1. The molecule has 0 bridgehead atoms. The Kier molecular flexibility index (Phi) is 7.89. The molecule has 8 nitrogen and oxygen atoms in total. The number of hydrogen-bond donors (Lipinski definition) is 1. The van der Waals surface area contributed by atoms with Crippen LogP contribution in [0.2, 0.25) is 10.0 Å². The molecule has 11 heteroatoms. The fourth-order valence-electron chi connectivity index (χ4n) is 3.27. The number of hydrogen-bond acceptors (Lipinski definition) is 6. The third-order valence-electron chi connectivity index (χ3n) is 4.94. The molecule has 3 rings (SSSR count). The van der Waals surface area contributed by atoms with Crippen LogP contribution in [-0.4, -0.2) is 50.2 Å². The van der Waals surface area contributed by atoms with Crippen LogP contribution in [-0.2, 0) is 24.3 Å². The molecule has 170 valence electrons. The quantitative estimate of drug-likeness (QED) is 0.613. The van der Waals surface area contributed by atoms with Crippen molar-refractivity contribution in [3.05, 3.63) is 64.1 Å². The van der Waals surface area contributed by atoms with Crippen LogP contribution in [0, 0.1) is 5.92 Å². The number of imide groups is 1. The number of sulfonamides is 1. The van der Waals surface area contributed by atoms with Gasteiger partial charge >= 0.3 is 5.97 Å².